The van der Waals surface area contributed by atoms with Crippen LogP contribution in [-0.2, 0) is 16.6 Å². The minimum Gasteiger partial charge on any atom is -0.303 e. The van der Waals surface area contributed by atoms with Gasteiger partial charge in [0.25, 0.3) is 10.0 Å². The van der Waals surface area contributed by atoms with Crippen LogP contribution in [0.1, 0.15) is 18.5 Å². The fourth-order valence-electron chi connectivity index (χ4n) is 2.59. The van der Waals surface area contributed by atoms with E-state index in [2.05, 4.69) is 4.98 Å². The minimum atomic E-state index is -3.54. The highest BCUT2D eigenvalue weighted by atomic mass is 35.5. The Morgan fingerprint density at radius 2 is 2.13 bits per heavy atom. The average molecular weight is 368 g/mol. The van der Waals surface area contributed by atoms with Crippen LogP contribution in [0, 0.1) is 0 Å². The van der Waals surface area contributed by atoms with Crippen molar-refractivity contribution in [2.45, 2.75) is 29.6 Å². The molecule has 5 nitrogen and oxygen atoms in total. The molecule has 120 valence electrons. The van der Waals surface area contributed by atoms with E-state index in [4.69, 9.17) is 11.6 Å². The van der Waals surface area contributed by atoms with Crippen LogP contribution in [0.25, 0.3) is 5.65 Å². The summed E-state index contributed by atoms with van der Waals surface area (Å²) in [6.07, 6.45) is 5.43. The lowest BCUT2D eigenvalue weighted by molar-refractivity contribution is 0.394. The molecular formula is C15H14ClN3O2S2. The van der Waals surface area contributed by atoms with Gasteiger partial charge in [-0.25, -0.2) is 13.4 Å². The van der Waals surface area contributed by atoms with Gasteiger partial charge in [-0.1, -0.05) is 17.7 Å². The second-order valence-corrected chi connectivity index (χ2v) is 9.35. The zero-order valence-electron chi connectivity index (χ0n) is 12.1. The summed E-state index contributed by atoms with van der Waals surface area (Å²) >= 11 is 7.01. The summed E-state index contributed by atoms with van der Waals surface area (Å²) in [5, 5.41) is 0. The molecule has 4 rings (SSSR count). The number of fused-ring (bicyclic) bond motifs is 1. The lowest BCUT2D eigenvalue weighted by Crippen LogP contribution is -2.32. The molecule has 1 fully saturated rings. The van der Waals surface area contributed by atoms with Crippen molar-refractivity contribution in [3.63, 3.8) is 0 Å². The molecule has 23 heavy (non-hydrogen) atoms. The van der Waals surface area contributed by atoms with E-state index in [1.54, 1.807) is 22.6 Å². The molecule has 0 aliphatic heterocycles. The Morgan fingerprint density at radius 1 is 1.30 bits per heavy atom. The predicted octanol–water partition coefficient (Wildman–Crippen LogP) is 3.40. The lowest BCUT2D eigenvalue weighted by atomic mass is 10.4. The maximum absolute atomic E-state index is 12.9. The van der Waals surface area contributed by atoms with E-state index in [1.807, 2.05) is 28.8 Å². The number of pyridine rings is 1. The van der Waals surface area contributed by atoms with Crippen molar-refractivity contribution in [2.75, 3.05) is 0 Å². The SMILES string of the molecule is O=S(=O)(c1ccc(Cl)s1)N(Cc1cnc2ccccn12)C1CC1. The zero-order valence-corrected chi connectivity index (χ0v) is 14.5. The number of halogens is 1. The average Bonchev–Trinajstić information content (AvgIpc) is 3.13. The molecule has 3 aromatic rings. The summed E-state index contributed by atoms with van der Waals surface area (Å²) in [4.78, 5) is 4.33. The first kappa shape index (κ1) is 15.1. The molecule has 0 aromatic carbocycles. The number of imidazole rings is 1. The van der Waals surface area contributed by atoms with Crippen LogP contribution in [0.15, 0.2) is 46.9 Å². The van der Waals surface area contributed by atoms with E-state index in [9.17, 15) is 8.42 Å². The molecule has 0 radical (unpaired) electrons. The molecule has 1 saturated carbocycles. The number of sulfonamides is 1. The van der Waals surface area contributed by atoms with E-state index < -0.39 is 10.0 Å². The van der Waals surface area contributed by atoms with Crippen molar-refractivity contribution >= 4 is 38.6 Å². The maximum Gasteiger partial charge on any atom is 0.253 e. The Bertz CT molecular complexity index is 960. The highest BCUT2D eigenvalue weighted by molar-refractivity contribution is 7.91. The Morgan fingerprint density at radius 3 is 2.83 bits per heavy atom. The second-order valence-electron chi connectivity index (χ2n) is 5.52. The highest BCUT2D eigenvalue weighted by Gasteiger charge is 2.39. The molecule has 1 aliphatic rings. The number of nitrogens with zero attached hydrogens (tertiary/aromatic N) is 3. The fraction of sp³-hybridized carbons (Fsp3) is 0.267. The fourth-order valence-corrected chi connectivity index (χ4v) is 5.85. The minimum absolute atomic E-state index is 0.0649. The van der Waals surface area contributed by atoms with Crippen LogP contribution < -0.4 is 0 Å². The molecule has 8 heteroatoms. The molecular weight excluding hydrogens is 354 g/mol. The monoisotopic (exact) mass is 367 g/mol. The zero-order chi connectivity index (χ0) is 16.0. The van der Waals surface area contributed by atoms with E-state index in [1.165, 1.54) is 0 Å². The van der Waals surface area contributed by atoms with Crippen molar-refractivity contribution < 1.29 is 8.42 Å². The molecule has 0 atom stereocenters. The van der Waals surface area contributed by atoms with Crippen LogP contribution >= 0.6 is 22.9 Å². The largest absolute Gasteiger partial charge is 0.303 e. The van der Waals surface area contributed by atoms with Gasteiger partial charge in [-0.3, -0.25) is 0 Å². The van der Waals surface area contributed by atoms with Crippen LogP contribution in [0.3, 0.4) is 0 Å². The van der Waals surface area contributed by atoms with E-state index in [-0.39, 0.29) is 6.04 Å². The predicted molar refractivity (Wildman–Crippen MR) is 90.3 cm³/mol. The smallest absolute Gasteiger partial charge is 0.253 e. The third kappa shape index (κ3) is 2.78. The molecule has 0 N–H and O–H groups in total. The summed E-state index contributed by atoms with van der Waals surface area (Å²) in [6, 6.07) is 8.99. The van der Waals surface area contributed by atoms with Crippen molar-refractivity contribution in [3.8, 4) is 0 Å². The van der Waals surface area contributed by atoms with Gasteiger partial charge < -0.3 is 4.40 Å². The Labute approximate surface area is 143 Å². The second kappa shape index (κ2) is 5.59. The number of rotatable bonds is 5. The summed E-state index contributed by atoms with van der Waals surface area (Å²) < 4.78 is 30.1. The first-order valence-corrected chi connectivity index (χ1v) is 9.87. The molecule has 0 bridgehead atoms. The van der Waals surface area contributed by atoms with Gasteiger partial charge in [-0.2, -0.15) is 4.31 Å². The van der Waals surface area contributed by atoms with Crippen molar-refractivity contribution in [3.05, 3.63) is 52.8 Å². The van der Waals surface area contributed by atoms with Gasteiger partial charge in [0.1, 0.15) is 9.86 Å². The Balaban J connectivity index is 1.72. The van der Waals surface area contributed by atoms with Crippen LogP contribution in [0.2, 0.25) is 4.34 Å². The lowest BCUT2D eigenvalue weighted by Gasteiger charge is -2.20. The van der Waals surface area contributed by atoms with Gasteiger partial charge in [0.2, 0.25) is 0 Å². The third-order valence-corrected chi connectivity index (χ3v) is 7.47. The number of hydrogen-bond donors (Lipinski definition) is 0. The molecule has 1 aliphatic carbocycles. The quantitative estimate of drug-likeness (QED) is 0.694. The van der Waals surface area contributed by atoms with E-state index >= 15 is 0 Å². The van der Waals surface area contributed by atoms with Gasteiger partial charge in [0, 0.05) is 12.2 Å². The molecule has 0 saturated heterocycles. The first-order valence-electron chi connectivity index (χ1n) is 7.24. The summed E-state index contributed by atoms with van der Waals surface area (Å²) in [5.74, 6) is 0. The number of thiophene rings is 1. The van der Waals surface area contributed by atoms with Gasteiger partial charge in [-0.15, -0.1) is 11.3 Å². The van der Waals surface area contributed by atoms with E-state index in [0.717, 1.165) is 35.5 Å². The molecule has 0 unspecified atom stereocenters. The van der Waals surface area contributed by atoms with Crippen molar-refractivity contribution in [1.29, 1.82) is 0 Å². The third-order valence-electron chi connectivity index (χ3n) is 3.88. The topological polar surface area (TPSA) is 54.7 Å². The van der Waals surface area contributed by atoms with Crippen molar-refractivity contribution in [2.24, 2.45) is 0 Å². The molecule has 0 amide bonds. The van der Waals surface area contributed by atoms with Gasteiger partial charge in [0.05, 0.1) is 22.8 Å². The summed E-state index contributed by atoms with van der Waals surface area (Å²) in [5.41, 5.74) is 1.67. The normalized spacial score (nSPS) is 15.6. The Kier molecular flexibility index (Phi) is 3.68. The Hall–Kier alpha value is -1.41. The van der Waals surface area contributed by atoms with Gasteiger partial charge in [-0.05, 0) is 37.1 Å². The van der Waals surface area contributed by atoms with Gasteiger partial charge >= 0.3 is 0 Å². The van der Waals surface area contributed by atoms with Crippen LogP contribution in [0.5, 0.6) is 0 Å². The standard InChI is InChI=1S/C15H14ClN3O2S2/c16-13-6-7-15(22-13)23(20,21)19(11-4-5-11)10-12-9-17-14-3-1-2-8-18(12)14/h1-3,6-9,11H,4-5,10H2. The van der Waals surface area contributed by atoms with Crippen LogP contribution in [0.4, 0.5) is 0 Å². The molecule has 3 heterocycles. The van der Waals surface area contributed by atoms with Crippen LogP contribution in [-0.4, -0.2) is 28.1 Å². The molecule has 0 spiro atoms. The number of aromatic nitrogens is 2. The number of hydrogen-bond acceptors (Lipinski definition) is 4. The van der Waals surface area contributed by atoms with Gasteiger partial charge in [0.15, 0.2) is 0 Å². The van der Waals surface area contributed by atoms with E-state index in [0.29, 0.717) is 15.1 Å². The summed E-state index contributed by atoms with van der Waals surface area (Å²) in [7, 11) is -3.54. The first-order chi connectivity index (χ1) is 11.1. The highest BCUT2D eigenvalue weighted by Crippen LogP contribution is 2.36. The maximum atomic E-state index is 12.9. The van der Waals surface area contributed by atoms with Crippen molar-refractivity contribution in [1.82, 2.24) is 13.7 Å². The summed E-state index contributed by atoms with van der Waals surface area (Å²) in [6.45, 7) is 0.313. The molecule has 3 aromatic heterocycles.